The van der Waals surface area contributed by atoms with E-state index in [2.05, 4.69) is 0 Å². The predicted molar refractivity (Wildman–Crippen MR) is 96.8 cm³/mol. The molecule has 0 amide bonds. The summed E-state index contributed by atoms with van der Waals surface area (Å²) >= 11 is 0. The summed E-state index contributed by atoms with van der Waals surface area (Å²) in [6.45, 7) is 10.9. The quantitative estimate of drug-likeness (QED) is 0.708. The van der Waals surface area contributed by atoms with Gasteiger partial charge in [0.25, 0.3) is 0 Å². The van der Waals surface area contributed by atoms with Crippen molar-refractivity contribution < 1.29 is 24.5 Å². The third-order valence-electron chi connectivity index (χ3n) is 5.58. The van der Waals surface area contributed by atoms with Crippen molar-refractivity contribution >= 4 is 11.8 Å². The molecule has 0 saturated heterocycles. The van der Waals surface area contributed by atoms with Crippen LogP contribution in [0.1, 0.15) is 54.4 Å². The highest BCUT2D eigenvalue weighted by Crippen LogP contribution is 2.27. The summed E-state index contributed by atoms with van der Waals surface area (Å²) in [7, 11) is 0. The first kappa shape index (κ1) is 21.8. The molecule has 0 radical (unpaired) electrons. The van der Waals surface area contributed by atoms with Crippen LogP contribution in [0.4, 0.5) is 0 Å². The fraction of sp³-hybridized carbons (Fsp3) is 0.800. The van der Waals surface area contributed by atoms with Crippen molar-refractivity contribution in [3.05, 3.63) is 12.2 Å². The zero-order valence-electron chi connectivity index (χ0n) is 16.3. The van der Waals surface area contributed by atoms with Crippen LogP contribution < -0.4 is 0 Å². The SMILES string of the molecule is CCC1OC(=O)[C@H](C)[C@@H](O)[C@H](C)[C@@H](O)C(C)C[C@@H](C)C(=O)/C=C/[C@H]1C. The number of carbonyl (C=O) groups is 2. The first-order valence-corrected chi connectivity index (χ1v) is 9.38. The molecule has 2 N–H and O–H groups in total. The lowest BCUT2D eigenvalue weighted by Crippen LogP contribution is -2.42. The monoisotopic (exact) mass is 354 g/mol. The van der Waals surface area contributed by atoms with Crippen LogP contribution in [0.3, 0.4) is 0 Å². The predicted octanol–water partition coefficient (Wildman–Crippen LogP) is 2.74. The van der Waals surface area contributed by atoms with Crippen LogP contribution in [0.5, 0.6) is 0 Å². The summed E-state index contributed by atoms with van der Waals surface area (Å²) in [5.74, 6) is -2.13. The molecule has 1 rings (SSSR count). The molecular formula is C20H34O5. The average molecular weight is 354 g/mol. The Morgan fingerprint density at radius 2 is 1.68 bits per heavy atom. The minimum Gasteiger partial charge on any atom is -0.461 e. The zero-order valence-corrected chi connectivity index (χ0v) is 16.3. The van der Waals surface area contributed by atoms with Gasteiger partial charge in [-0.3, -0.25) is 9.59 Å². The smallest absolute Gasteiger partial charge is 0.311 e. The first-order chi connectivity index (χ1) is 11.6. The Morgan fingerprint density at radius 1 is 1.08 bits per heavy atom. The lowest BCUT2D eigenvalue weighted by Gasteiger charge is -2.33. The molecule has 0 aromatic rings. The van der Waals surface area contributed by atoms with E-state index in [-0.39, 0.29) is 29.6 Å². The second kappa shape index (κ2) is 9.48. The topological polar surface area (TPSA) is 83.8 Å². The largest absolute Gasteiger partial charge is 0.461 e. The fourth-order valence-electron chi connectivity index (χ4n) is 3.48. The molecule has 5 heteroatoms. The second-order valence-corrected chi connectivity index (χ2v) is 7.75. The molecule has 2 unspecified atom stereocenters. The molecule has 0 aromatic heterocycles. The van der Waals surface area contributed by atoms with E-state index >= 15 is 0 Å². The van der Waals surface area contributed by atoms with Gasteiger partial charge in [0.05, 0.1) is 18.1 Å². The maximum Gasteiger partial charge on any atom is 0.311 e. The zero-order chi connectivity index (χ0) is 19.3. The van der Waals surface area contributed by atoms with Gasteiger partial charge in [-0.25, -0.2) is 0 Å². The van der Waals surface area contributed by atoms with E-state index < -0.39 is 30.0 Å². The number of hydrogen-bond acceptors (Lipinski definition) is 5. The van der Waals surface area contributed by atoms with Crippen molar-refractivity contribution in [2.24, 2.45) is 29.6 Å². The van der Waals surface area contributed by atoms with Gasteiger partial charge in [0.15, 0.2) is 5.78 Å². The van der Waals surface area contributed by atoms with E-state index in [1.807, 2.05) is 27.7 Å². The number of allylic oxidation sites excluding steroid dienone is 1. The summed E-state index contributed by atoms with van der Waals surface area (Å²) < 4.78 is 5.57. The minimum absolute atomic E-state index is 0.00529. The van der Waals surface area contributed by atoms with E-state index in [1.165, 1.54) is 0 Å². The number of hydrogen-bond donors (Lipinski definition) is 2. The molecule has 144 valence electrons. The number of aliphatic hydroxyl groups excluding tert-OH is 2. The van der Waals surface area contributed by atoms with Crippen molar-refractivity contribution in [2.75, 3.05) is 0 Å². The van der Waals surface area contributed by atoms with Gasteiger partial charge in [0.1, 0.15) is 6.10 Å². The Balaban J connectivity index is 3.14. The van der Waals surface area contributed by atoms with Gasteiger partial charge < -0.3 is 14.9 Å². The van der Waals surface area contributed by atoms with Gasteiger partial charge in [0.2, 0.25) is 0 Å². The Labute approximate surface area is 151 Å². The molecule has 0 fully saturated rings. The third kappa shape index (κ3) is 5.65. The molecule has 5 nitrogen and oxygen atoms in total. The lowest BCUT2D eigenvalue weighted by molar-refractivity contribution is -0.162. The Morgan fingerprint density at radius 3 is 2.24 bits per heavy atom. The molecule has 0 aliphatic carbocycles. The fourth-order valence-corrected chi connectivity index (χ4v) is 3.48. The molecular weight excluding hydrogens is 320 g/mol. The molecule has 1 heterocycles. The van der Waals surface area contributed by atoms with Crippen LogP contribution >= 0.6 is 0 Å². The van der Waals surface area contributed by atoms with E-state index in [0.29, 0.717) is 12.8 Å². The summed E-state index contributed by atoms with van der Waals surface area (Å²) in [5.41, 5.74) is 0. The van der Waals surface area contributed by atoms with Gasteiger partial charge in [-0.1, -0.05) is 40.7 Å². The van der Waals surface area contributed by atoms with Crippen LogP contribution in [-0.2, 0) is 14.3 Å². The van der Waals surface area contributed by atoms with Gasteiger partial charge >= 0.3 is 5.97 Å². The highest BCUT2D eigenvalue weighted by molar-refractivity contribution is 5.91. The highest BCUT2D eigenvalue weighted by Gasteiger charge is 2.36. The highest BCUT2D eigenvalue weighted by atomic mass is 16.5. The molecule has 0 spiro atoms. The summed E-state index contributed by atoms with van der Waals surface area (Å²) in [6, 6.07) is 0. The van der Waals surface area contributed by atoms with Crippen LogP contribution in [0.2, 0.25) is 0 Å². The molecule has 0 bridgehead atoms. The number of ketones is 1. The van der Waals surface area contributed by atoms with Gasteiger partial charge in [-0.15, -0.1) is 0 Å². The molecule has 0 aromatic carbocycles. The second-order valence-electron chi connectivity index (χ2n) is 7.75. The molecule has 25 heavy (non-hydrogen) atoms. The van der Waals surface area contributed by atoms with Crippen molar-refractivity contribution in [2.45, 2.75) is 72.7 Å². The first-order valence-electron chi connectivity index (χ1n) is 9.38. The number of cyclic esters (lactones) is 1. The van der Waals surface area contributed by atoms with Gasteiger partial charge in [-0.2, -0.15) is 0 Å². The summed E-state index contributed by atoms with van der Waals surface area (Å²) in [6.07, 6.45) is 2.37. The number of rotatable bonds is 1. The van der Waals surface area contributed by atoms with Crippen molar-refractivity contribution in [1.82, 2.24) is 0 Å². The Kier molecular flexibility index (Phi) is 8.29. The number of aliphatic hydroxyl groups is 2. The minimum atomic E-state index is -0.998. The van der Waals surface area contributed by atoms with Crippen LogP contribution in [0, 0.1) is 29.6 Å². The van der Waals surface area contributed by atoms with Crippen LogP contribution in [0.15, 0.2) is 12.2 Å². The molecule has 1 aliphatic heterocycles. The molecule has 0 saturated carbocycles. The number of esters is 1. The van der Waals surface area contributed by atoms with Crippen LogP contribution in [0.25, 0.3) is 0 Å². The Hall–Kier alpha value is -1.20. The number of carbonyl (C=O) groups excluding carboxylic acids is 2. The van der Waals surface area contributed by atoms with Crippen molar-refractivity contribution in [3.8, 4) is 0 Å². The normalized spacial score (nSPS) is 43.2. The van der Waals surface area contributed by atoms with Crippen molar-refractivity contribution in [1.29, 1.82) is 0 Å². The van der Waals surface area contributed by atoms with E-state index in [4.69, 9.17) is 4.74 Å². The average Bonchev–Trinajstić information content (AvgIpc) is 2.59. The van der Waals surface area contributed by atoms with E-state index in [0.717, 1.165) is 0 Å². The lowest BCUT2D eigenvalue weighted by atomic mass is 9.80. The maximum atomic E-state index is 12.4. The molecule has 8 atom stereocenters. The van der Waals surface area contributed by atoms with E-state index in [9.17, 15) is 19.8 Å². The third-order valence-corrected chi connectivity index (χ3v) is 5.58. The molecule has 1 aliphatic rings. The van der Waals surface area contributed by atoms with Gasteiger partial charge in [0, 0.05) is 17.8 Å². The standard InChI is InChI=1S/C20H34O5/c1-7-17-11(2)8-9-16(21)12(3)10-13(4)18(22)14(5)19(23)15(6)20(24)25-17/h8-9,11-15,17-19,22-23H,7,10H2,1-6H3/b9-8+/t11-,12-,13?,14-,15-,17?,18+,19+/m1/s1. The van der Waals surface area contributed by atoms with Crippen molar-refractivity contribution in [3.63, 3.8) is 0 Å². The number of ether oxygens (including phenoxy) is 1. The maximum absolute atomic E-state index is 12.4. The summed E-state index contributed by atoms with van der Waals surface area (Å²) in [4.78, 5) is 24.7. The van der Waals surface area contributed by atoms with Crippen LogP contribution in [-0.4, -0.2) is 40.3 Å². The van der Waals surface area contributed by atoms with E-state index in [1.54, 1.807) is 26.0 Å². The van der Waals surface area contributed by atoms with Gasteiger partial charge in [-0.05, 0) is 31.8 Å². The summed E-state index contributed by atoms with van der Waals surface area (Å²) in [5, 5.41) is 21.0. The Bertz CT molecular complexity index is 486.